The summed E-state index contributed by atoms with van der Waals surface area (Å²) in [6, 6.07) is 3.47. The van der Waals surface area contributed by atoms with E-state index in [9.17, 15) is 9.90 Å². The topological polar surface area (TPSA) is 49.8 Å². The lowest BCUT2D eigenvalue weighted by atomic mass is 9.97. The molecule has 1 aliphatic heterocycles. The maximum Gasteiger partial charge on any atom is 0.254 e. The molecule has 1 N–H and O–H groups in total. The predicted octanol–water partition coefficient (Wildman–Crippen LogP) is 6.88. The van der Waals surface area contributed by atoms with Gasteiger partial charge in [-0.3, -0.25) is 4.79 Å². The van der Waals surface area contributed by atoms with Gasteiger partial charge >= 0.3 is 0 Å². The van der Waals surface area contributed by atoms with E-state index in [0.29, 0.717) is 24.3 Å². The van der Waals surface area contributed by atoms with E-state index in [1.165, 1.54) is 90.6 Å². The largest absolute Gasteiger partial charge is 0.504 e. The molecule has 1 amide bonds. The summed E-state index contributed by atoms with van der Waals surface area (Å²) >= 11 is 0. The molecule has 1 aromatic rings. The zero-order valence-electron chi connectivity index (χ0n) is 19.4. The molecule has 30 heavy (non-hydrogen) atoms. The number of amides is 1. The molecule has 0 aromatic heterocycles. The fourth-order valence-corrected chi connectivity index (χ4v) is 4.46. The van der Waals surface area contributed by atoms with Crippen LogP contribution in [0.3, 0.4) is 0 Å². The minimum Gasteiger partial charge on any atom is -0.504 e. The van der Waals surface area contributed by atoms with Crippen molar-refractivity contribution < 1.29 is 14.6 Å². The van der Waals surface area contributed by atoms with Crippen LogP contribution in [0, 0.1) is 0 Å². The molecule has 0 fully saturated rings. The fourth-order valence-electron chi connectivity index (χ4n) is 4.46. The number of hydrogen-bond acceptors (Lipinski definition) is 3. The van der Waals surface area contributed by atoms with Crippen molar-refractivity contribution in [2.24, 2.45) is 0 Å². The first-order chi connectivity index (χ1) is 14.7. The highest BCUT2D eigenvalue weighted by molar-refractivity contribution is 5.97. The maximum absolute atomic E-state index is 12.7. The van der Waals surface area contributed by atoms with Crippen LogP contribution in [0.2, 0.25) is 0 Å². The minimum absolute atomic E-state index is 0.0453. The van der Waals surface area contributed by atoms with Gasteiger partial charge in [0.1, 0.15) is 0 Å². The number of carbonyl (C=O) groups excluding carboxylic acids is 1. The van der Waals surface area contributed by atoms with Crippen LogP contribution in [0.25, 0.3) is 0 Å². The molecule has 0 bridgehead atoms. The number of hydrogen-bond donors (Lipinski definition) is 1. The van der Waals surface area contributed by atoms with Crippen molar-refractivity contribution in [2.45, 2.75) is 103 Å². The zero-order chi connectivity index (χ0) is 21.6. The van der Waals surface area contributed by atoms with Crippen LogP contribution in [0.15, 0.2) is 12.1 Å². The van der Waals surface area contributed by atoms with Gasteiger partial charge in [-0.05, 0) is 25.0 Å². The molecule has 0 saturated heterocycles. The Balaban J connectivity index is 1.50. The third-order valence-corrected chi connectivity index (χ3v) is 6.40. The van der Waals surface area contributed by atoms with E-state index >= 15 is 0 Å². The summed E-state index contributed by atoms with van der Waals surface area (Å²) in [5, 5.41) is 10.3. The molecule has 1 aromatic carbocycles. The lowest BCUT2D eigenvalue weighted by Gasteiger charge is -2.29. The Hall–Kier alpha value is -1.71. The van der Waals surface area contributed by atoms with Crippen molar-refractivity contribution in [3.8, 4) is 11.5 Å². The third-order valence-electron chi connectivity index (χ3n) is 6.40. The number of unbranched alkanes of at least 4 members (excludes halogenated alkanes) is 13. The highest BCUT2D eigenvalue weighted by atomic mass is 16.5. The summed E-state index contributed by atoms with van der Waals surface area (Å²) in [6.45, 7) is 3.78. The molecule has 0 spiro atoms. The Labute approximate surface area is 184 Å². The van der Waals surface area contributed by atoms with Crippen LogP contribution >= 0.6 is 0 Å². The van der Waals surface area contributed by atoms with Crippen LogP contribution in [-0.4, -0.2) is 36.1 Å². The Morgan fingerprint density at radius 3 is 1.93 bits per heavy atom. The quantitative estimate of drug-likeness (QED) is 0.298. The van der Waals surface area contributed by atoms with Crippen LogP contribution < -0.4 is 4.74 Å². The Morgan fingerprint density at radius 1 is 0.867 bits per heavy atom. The van der Waals surface area contributed by atoms with E-state index in [0.717, 1.165) is 18.5 Å². The second-order valence-electron chi connectivity index (χ2n) is 8.78. The SMILES string of the molecule is CCCCCCCCCCCCCCCCN1CCc2c(ccc(OC)c2O)C1=O. The van der Waals surface area contributed by atoms with Crippen molar-refractivity contribution in [1.29, 1.82) is 0 Å². The molecule has 1 aliphatic rings. The van der Waals surface area contributed by atoms with Gasteiger partial charge in [0.05, 0.1) is 7.11 Å². The molecule has 1 heterocycles. The van der Waals surface area contributed by atoms with Gasteiger partial charge in [0.25, 0.3) is 5.91 Å². The first-order valence-electron chi connectivity index (χ1n) is 12.4. The summed E-state index contributed by atoms with van der Waals surface area (Å²) in [6.07, 6.45) is 19.5. The van der Waals surface area contributed by atoms with Crippen LogP contribution in [0.5, 0.6) is 11.5 Å². The minimum atomic E-state index is 0.0453. The van der Waals surface area contributed by atoms with Crippen molar-refractivity contribution in [2.75, 3.05) is 20.2 Å². The predicted molar refractivity (Wildman–Crippen MR) is 125 cm³/mol. The second-order valence-corrected chi connectivity index (χ2v) is 8.78. The monoisotopic (exact) mass is 417 g/mol. The van der Waals surface area contributed by atoms with E-state index in [-0.39, 0.29) is 11.7 Å². The van der Waals surface area contributed by atoms with Gasteiger partial charge in [0.15, 0.2) is 11.5 Å². The first-order valence-corrected chi connectivity index (χ1v) is 12.4. The number of nitrogens with zero attached hydrogens (tertiary/aromatic N) is 1. The average Bonchev–Trinajstić information content (AvgIpc) is 2.76. The zero-order valence-corrected chi connectivity index (χ0v) is 19.4. The van der Waals surface area contributed by atoms with Gasteiger partial charge in [-0.1, -0.05) is 90.4 Å². The number of phenols is 1. The standard InChI is InChI=1S/C26H43NO3/c1-3-4-5-6-7-8-9-10-11-12-13-14-15-16-20-27-21-19-22-23(26(27)29)17-18-24(30-2)25(22)28/h17-18,28H,3-16,19-21H2,1-2H3. The van der Waals surface area contributed by atoms with Gasteiger partial charge in [-0.25, -0.2) is 0 Å². The molecular weight excluding hydrogens is 374 g/mol. The summed E-state index contributed by atoms with van der Waals surface area (Å²) in [4.78, 5) is 14.6. The number of phenolic OH excluding ortho intramolecular Hbond substituents is 1. The van der Waals surface area contributed by atoms with Crippen molar-refractivity contribution in [3.05, 3.63) is 23.3 Å². The molecule has 0 atom stereocenters. The number of rotatable bonds is 16. The molecule has 4 nitrogen and oxygen atoms in total. The Morgan fingerprint density at radius 2 is 1.40 bits per heavy atom. The number of carbonyl (C=O) groups is 1. The van der Waals surface area contributed by atoms with Gasteiger partial charge in [0, 0.05) is 24.2 Å². The smallest absolute Gasteiger partial charge is 0.254 e. The lowest BCUT2D eigenvalue weighted by molar-refractivity contribution is 0.0735. The summed E-state index contributed by atoms with van der Waals surface area (Å²) in [5.41, 5.74) is 1.36. The number of methoxy groups -OCH3 is 1. The van der Waals surface area contributed by atoms with E-state index in [4.69, 9.17) is 4.74 Å². The van der Waals surface area contributed by atoms with Gasteiger partial charge in [-0.15, -0.1) is 0 Å². The Kier molecular flexibility index (Phi) is 11.7. The van der Waals surface area contributed by atoms with E-state index in [1.54, 1.807) is 12.1 Å². The highest BCUT2D eigenvalue weighted by Gasteiger charge is 2.27. The molecule has 0 saturated carbocycles. The average molecular weight is 418 g/mol. The molecule has 0 radical (unpaired) electrons. The van der Waals surface area contributed by atoms with Crippen molar-refractivity contribution in [1.82, 2.24) is 4.90 Å². The molecule has 0 unspecified atom stereocenters. The van der Waals surface area contributed by atoms with Gasteiger partial charge in [-0.2, -0.15) is 0 Å². The summed E-state index contributed by atoms with van der Waals surface area (Å²) in [5.74, 6) is 0.616. The highest BCUT2D eigenvalue weighted by Crippen LogP contribution is 2.35. The van der Waals surface area contributed by atoms with E-state index < -0.39 is 0 Å². The van der Waals surface area contributed by atoms with Crippen LogP contribution in [0.4, 0.5) is 0 Å². The molecule has 170 valence electrons. The maximum atomic E-state index is 12.7. The summed E-state index contributed by atoms with van der Waals surface area (Å²) in [7, 11) is 1.54. The molecular formula is C26H43NO3. The van der Waals surface area contributed by atoms with Crippen LogP contribution in [-0.2, 0) is 6.42 Å². The van der Waals surface area contributed by atoms with Crippen molar-refractivity contribution >= 4 is 5.91 Å². The third kappa shape index (κ3) is 7.85. The lowest BCUT2D eigenvalue weighted by Crippen LogP contribution is -2.38. The van der Waals surface area contributed by atoms with Gasteiger partial charge in [0.2, 0.25) is 0 Å². The second kappa shape index (κ2) is 14.3. The van der Waals surface area contributed by atoms with Crippen molar-refractivity contribution in [3.63, 3.8) is 0 Å². The first kappa shape index (κ1) is 24.6. The van der Waals surface area contributed by atoms with Crippen LogP contribution in [0.1, 0.15) is 113 Å². The number of benzene rings is 1. The van der Waals surface area contributed by atoms with E-state index in [2.05, 4.69) is 6.92 Å². The Bertz CT molecular complexity index is 629. The number of fused-ring (bicyclic) bond motifs is 1. The fraction of sp³-hybridized carbons (Fsp3) is 0.731. The van der Waals surface area contributed by atoms with E-state index in [1.807, 2.05) is 4.90 Å². The number of ether oxygens (including phenoxy) is 1. The molecule has 2 rings (SSSR count). The van der Waals surface area contributed by atoms with Gasteiger partial charge < -0.3 is 14.7 Å². The number of aromatic hydroxyl groups is 1. The normalized spacial score (nSPS) is 13.5. The molecule has 4 heteroatoms. The molecule has 0 aliphatic carbocycles. The summed E-state index contributed by atoms with van der Waals surface area (Å²) < 4.78 is 5.16.